The van der Waals surface area contributed by atoms with E-state index in [2.05, 4.69) is 35.8 Å². The van der Waals surface area contributed by atoms with Crippen LogP contribution in [0.1, 0.15) is 30.9 Å². The van der Waals surface area contributed by atoms with E-state index in [4.69, 9.17) is 0 Å². The Kier molecular flexibility index (Phi) is 1.99. The molecule has 1 saturated carbocycles. The van der Waals surface area contributed by atoms with Crippen LogP contribution in [0.3, 0.4) is 0 Å². The Bertz CT molecular complexity index is 380. The summed E-state index contributed by atoms with van der Waals surface area (Å²) in [7, 11) is 0. The molecule has 0 radical (unpaired) electrons. The van der Waals surface area contributed by atoms with Crippen molar-refractivity contribution in [1.82, 2.24) is 5.32 Å². The Morgan fingerprint density at radius 1 is 1.40 bits per heavy atom. The van der Waals surface area contributed by atoms with Crippen molar-refractivity contribution >= 4 is 5.69 Å². The van der Waals surface area contributed by atoms with Gasteiger partial charge in [0.05, 0.1) is 0 Å². The van der Waals surface area contributed by atoms with Gasteiger partial charge in [-0.3, -0.25) is 0 Å². The van der Waals surface area contributed by atoms with E-state index < -0.39 is 0 Å². The van der Waals surface area contributed by atoms with Gasteiger partial charge in [-0.1, -0.05) is 18.2 Å². The normalized spacial score (nSPS) is 20.9. The minimum atomic E-state index is 0.432. The lowest BCUT2D eigenvalue weighted by atomic mass is 10.1. The Labute approximate surface area is 91.1 Å². The number of fused-ring (bicyclic) bond motifs is 1. The summed E-state index contributed by atoms with van der Waals surface area (Å²) in [6.07, 6.45) is 3.84. The second-order valence-electron chi connectivity index (χ2n) is 5.04. The highest BCUT2D eigenvalue weighted by Gasteiger charge is 2.36. The number of anilines is 1. The monoisotopic (exact) mass is 202 g/mol. The molecule has 0 unspecified atom stereocenters. The highest BCUT2D eigenvalue weighted by atomic mass is 15.0. The zero-order valence-corrected chi connectivity index (χ0v) is 9.27. The molecule has 1 fully saturated rings. The van der Waals surface area contributed by atoms with E-state index in [-0.39, 0.29) is 0 Å². The predicted molar refractivity (Wildman–Crippen MR) is 63.1 cm³/mol. The minimum absolute atomic E-state index is 0.432. The first kappa shape index (κ1) is 9.22. The summed E-state index contributed by atoms with van der Waals surface area (Å²) >= 11 is 0. The number of hydrogen-bond acceptors (Lipinski definition) is 2. The van der Waals surface area contributed by atoms with Crippen molar-refractivity contribution in [1.29, 1.82) is 0 Å². The van der Waals surface area contributed by atoms with Crippen molar-refractivity contribution in [2.45, 2.75) is 38.3 Å². The molecule has 0 saturated heterocycles. The molecular formula is C13H18N2. The summed E-state index contributed by atoms with van der Waals surface area (Å²) in [5.74, 6) is 0. The van der Waals surface area contributed by atoms with Crippen LogP contribution in [-0.2, 0) is 13.0 Å². The van der Waals surface area contributed by atoms with Gasteiger partial charge in [-0.2, -0.15) is 0 Å². The second-order valence-corrected chi connectivity index (χ2v) is 5.04. The van der Waals surface area contributed by atoms with E-state index in [0.29, 0.717) is 5.54 Å². The third-order valence-electron chi connectivity index (χ3n) is 3.64. The fraction of sp³-hybridized carbons (Fsp3) is 0.538. The van der Waals surface area contributed by atoms with Crippen LogP contribution in [0, 0.1) is 0 Å². The number of nitrogens with one attached hydrogen (secondary N) is 2. The van der Waals surface area contributed by atoms with Gasteiger partial charge in [0.15, 0.2) is 0 Å². The molecule has 3 rings (SSSR count). The summed E-state index contributed by atoms with van der Waals surface area (Å²) in [4.78, 5) is 0. The number of benzene rings is 1. The molecule has 2 heteroatoms. The smallest absolute Gasteiger partial charge is 0.0419 e. The van der Waals surface area contributed by atoms with Crippen LogP contribution >= 0.6 is 0 Å². The summed E-state index contributed by atoms with van der Waals surface area (Å²) < 4.78 is 0. The van der Waals surface area contributed by atoms with Gasteiger partial charge in [0.2, 0.25) is 0 Å². The zero-order valence-electron chi connectivity index (χ0n) is 9.27. The zero-order chi connectivity index (χ0) is 10.3. The topological polar surface area (TPSA) is 24.1 Å². The molecule has 0 aromatic heterocycles. The van der Waals surface area contributed by atoms with E-state index >= 15 is 0 Å². The highest BCUT2D eigenvalue weighted by molar-refractivity contribution is 5.61. The molecule has 2 nitrogen and oxygen atoms in total. The molecule has 1 aliphatic heterocycles. The molecule has 1 aromatic rings. The second kappa shape index (κ2) is 3.24. The standard InChI is InChI=1S/C13H18N2/c1-13(6-7-13)15-9-11-4-2-3-10-5-8-14-12(10)11/h2-4,14-15H,5-9H2,1H3. The lowest BCUT2D eigenvalue weighted by Gasteiger charge is -2.14. The molecule has 15 heavy (non-hydrogen) atoms. The SMILES string of the molecule is CC1(NCc2cccc3c2NCC3)CC1. The fourth-order valence-electron chi connectivity index (χ4n) is 2.23. The van der Waals surface area contributed by atoms with Crippen LogP contribution in [0.2, 0.25) is 0 Å². The highest BCUT2D eigenvalue weighted by Crippen LogP contribution is 2.35. The first-order valence-electron chi connectivity index (χ1n) is 5.87. The number of para-hydroxylation sites is 1. The van der Waals surface area contributed by atoms with Crippen molar-refractivity contribution in [3.8, 4) is 0 Å². The summed E-state index contributed by atoms with van der Waals surface area (Å²) in [6.45, 7) is 4.42. The molecule has 0 atom stereocenters. The Hall–Kier alpha value is -1.02. The van der Waals surface area contributed by atoms with Crippen LogP contribution in [0.4, 0.5) is 5.69 Å². The molecule has 1 heterocycles. The quantitative estimate of drug-likeness (QED) is 0.786. The average Bonchev–Trinajstić information content (AvgIpc) is 2.80. The van der Waals surface area contributed by atoms with E-state index in [9.17, 15) is 0 Å². The molecule has 1 aromatic carbocycles. The van der Waals surface area contributed by atoms with Gasteiger partial charge < -0.3 is 10.6 Å². The van der Waals surface area contributed by atoms with Crippen LogP contribution < -0.4 is 10.6 Å². The molecular weight excluding hydrogens is 184 g/mol. The molecule has 0 amide bonds. The molecule has 0 bridgehead atoms. The van der Waals surface area contributed by atoms with Crippen molar-refractivity contribution in [2.24, 2.45) is 0 Å². The summed E-state index contributed by atoms with van der Waals surface area (Å²) in [5.41, 5.74) is 4.73. The van der Waals surface area contributed by atoms with E-state index in [1.165, 1.54) is 36.1 Å². The third kappa shape index (κ3) is 1.74. The van der Waals surface area contributed by atoms with Crippen molar-refractivity contribution < 1.29 is 0 Å². The Morgan fingerprint density at radius 3 is 3.07 bits per heavy atom. The van der Waals surface area contributed by atoms with Crippen LogP contribution in [0.5, 0.6) is 0 Å². The predicted octanol–water partition coefficient (Wildman–Crippen LogP) is 2.30. The van der Waals surface area contributed by atoms with Gasteiger partial charge >= 0.3 is 0 Å². The van der Waals surface area contributed by atoms with Crippen LogP contribution in [0.25, 0.3) is 0 Å². The van der Waals surface area contributed by atoms with Crippen molar-refractivity contribution in [3.05, 3.63) is 29.3 Å². The lowest BCUT2D eigenvalue weighted by Crippen LogP contribution is -2.27. The third-order valence-corrected chi connectivity index (χ3v) is 3.64. The van der Waals surface area contributed by atoms with E-state index in [0.717, 1.165) is 13.1 Å². The average molecular weight is 202 g/mol. The molecule has 2 aliphatic rings. The maximum atomic E-state index is 3.64. The fourth-order valence-corrected chi connectivity index (χ4v) is 2.23. The number of hydrogen-bond donors (Lipinski definition) is 2. The summed E-state index contributed by atoms with van der Waals surface area (Å²) in [5, 5.41) is 7.12. The molecule has 80 valence electrons. The summed E-state index contributed by atoms with van der Waals surface area (Å²) in [6, 6.07) is 6.64. The van der Waals surface area contributed by atoms with Crippen LogP contribution in [0.15, 0.2) is 18.2 Å². The molecule has 1 aliphatic carbocycles. The van der Waals surface area contributed by atoms with Crippen LogP contribution in [-0.4, -0.2) is 12.1 Å². The van der Waals surface area contributed by atoms with Gasteiger partial charge in [0.1, 0.15) is 0 Å². The van der Waals surface area contributed by atoms with Crippen molar-refractivity contribution in [2.75, 3.05) is 11.9 Å². The van der Waals surface area contributed by atoms with Gasteiger partial charge in [0, 0.05) is 24.3 Å². The maximum Gasteiger partial charge on any atom is 0.0419 e. The van der Waals surface area contributed by atoms with Gasteiger partial charge in [0.25, 0.3) is 0 Å². The molecule has 2 N–H and O–H groups in total. The largest absolute Gasteiger partial charge is 0.384 e. The minimum Gasteiger partial charge on any atom is -0.384 e. The first-order valence-corrected chi connectivity index (χ1v) is 5.87. The van der Waals surface area contributed by atoms with Crippen molar-refractivity contribution in [3.63, 3.8) is 0 Å². The first-order chi connectivity index (χ1) is 7.27. The Balaban J connectivity index is 1.77. The maximum absolute atomic E-state index is 3.64. The Morgan fingerprint density at radius 2 is 2.27 bits per heavy atom. The number of rotatable bonds is 3. The van der Waals surface area contributed by atoms with Gasteiger partial charge in [-0.15, -0.1) is 0 Å². The van der Waals surface area contributed by atoms with E-state index in [1.807, 2.05) is 0 Å². The van der Waals surface area contributed by atoms with Gasteiger partial charge in [-0.25, -0.2) is 0 Å². The van der Waals surface area contributed by atoms with Gasteiger partial charge in [-0.05, 0) is 37.3 Å². The van der Waals surface area contributed by atoms with E-state index in [1.54, 1.807) is 0 Å². The lowest BCUT2D eigenvalue weighted by molar-refractivity contribution is 0.538. The molecule has 0 spiro atoms.